The zero-order chi connectivity index (χ0) is 22.1. The van der Waals surface area contributed by atoms with E-state index in [2.05, 4.69) is 20.3 Å². The summed E-state index contributed by atoms with van der Waals surface area (Å²) >= 11 is 0. The second kappa shape index (κ2) is 8.01. The van der Waals surface area contributed by atoms with Crippen LogP contribution in [0.3, 0.4) is 0 Å². The fourth-order valence-corrected chi connectivity index (χ4v) is 2.78. The molecule has 3 aromatic rings. The van der Waals surface area contributed by atoms with Gasteiger partial charge in [0, 0.05) is 12.2 Å². The minimum absolute atomic E-state index is 0.0193. The molecule has 0 saturated carbocycles. The lowest BCUT2D eigenvalue weighted by Crippen LogP contribution is -2.28. The Hall–Kier alpha value is -3.63. The van der Waals surface area contributed by atoms with Crippen molar-refractivity contribution >= 4 is 23.1 Å². The zero-order valence-electron chi connectivity index (χ0n) is 16.9. The number of carbonyl (C=O) groups is 1. The van der Waals surface area contributed by atoms with E-state index in [-0.39, 0.29) is 23.8 Å². The zero-order valence-corrected chi connectivity index (χ0v) is 16.9. The fourth-order valence-electron chi connectivity index (χ4n) is 2.78. The number of pyridine rings is 1. The molecule has 0 spiro atoms. The van der Waals surface area contributed by atoms with Gasteiger partial charge in [-0.15, -0.1) is 0 Å². The standard InChI is InChI=1S/C19H21FN6O4/c1-11(7-16(27)30-19(2,3)4)23-18-14(26(28)29)9-22-17(24-18)13-8-21-15-6-5-12(20)10-25(13)15/h5-6,8-11H,7H2,1-4H3,(H,22,23,24). The van der Waals surface area contributed by atoms with Gasteiger partial charge in [0.1, 0.15) is 29.0 Å². The number of nitro groups is 1. The number of nitrogens with one attached hydrogen (secondary N) is 1. The van der Waals surface area contributed by atoms with Gasteiger partial charge in [-0.3, -0.25) is 19.3 Å². The Morgan fingerprint density at radius 3 is 2.73 bits per heavy atom. The molecule has 0 aliphatic carbocycles. The largest absolute Gasteiger partial charge is 0.460 e. The maximum absolute atomic E-state index is 13.6. The molecule has 3 aromatic heterocycles. The average molecular weight is 416 g/mol. The Kier molecular flexibility index (Phi) is 5.63. The van der Waals surface area contributed by atoms with Gasteiger partial charge in [-0.1, -0.05) is 0 Å². The van der Waals surface area contributed by atoms with Gasteiger partial charge >= 0.3 is 11.7 Å². The maximum Gasteiger partial charge on any atom is 0.329 e. The number of ether oxygens (including phenoxy) is 1. The van der Waals surface area contributed by atoms with E-state index in [1.807, 2.05) is 0 Å². The molecule has 158 valence electrons. The van der Waals surface area contributed by atoms with Crippen molar-refractivity contribution in [3.05, 3.63) is 46.7 Å². The summed E-state index contributed by atoms with van der Waals surface area (Å²) in [6, 6.07) is 2.27. The second-order valence-electron chi connectivity index (χ2n) is 7.74. The van der Waals surface area contributed by atoms with Crippen LogP contribution in [0.2, 0.25) is 0 Å². The third kappa shape index (κ3) is 4.85. The van der Waals surface area contributed by atoms with Crippen molar-refractivity contribution in [1.82, 2.24) is 19.4 Å². The summed E-state index contributed by atoms with van der Waals surface area (Å²) < 4.78 is 20.4. The summed E-state index contributed by atoms with van der Waals surface area (Å²) in [5.41, 5.74) is -0.151. The minimum Gasteiger partial charge on any atom is -0.460 e. The Bertz CT molecular complexity index is 1110. The van der Waals surface area contributed by atoms with Crippen LogP contribution >= 0.6 is 0 Å². The third-order valence-corrected chi connectivity index (χ3v) is 3.94. The number of hydrogen-bond donors (Lipinski definition) is 1. The van der Waals surface area contributed by atoms with Crippen molar-refractivity contribution in [2.45, 2.75) is 45.8 Å². The molecular formula is C19H21FN6O4. The summed E-state index contributed by atoms with van der Waals surface area (Å²) in [4.78, 5) is 35.2. The van der Waals surface area contributed by atoms with Crippen LogP contribution in [-0.4, -0.2) is 41.9 Å². The molecule has 11 heteroatoms. The van der Waals surface area contributed by atoms with Crippen LogP contribution in [0.1, 0.15) is 34.1 Å². The number of anilines is 1. The molecule has 3 heterocycles. The van der Waals surface area contributed by atoms with Gasteiger partial charge in [0.25, 0.3) is 0 Å². The highest BCUT2D eigenvalue weighted by Crippen LogP contribution is 2.26. The normalized spacial score (nSPS) is 12.6. The van der Waals surface area contributed by atoms with Crippen molar-refractivity contribution in [3.63, 3.8) is 0 Å². The molecule has 30 heavy (non-hydrogen) atoms. The Morgan fingerprint density at radius 2 is 2.07 bits per heavy atom. The molecule has 0 bridgehead atoms. The lowest BCUT2D eigenvalue weighted by atomic mass is 10.2. The number of carbonyl (C=O) groups excluding carboxylic acids is 1. The number of rotatable bonds is 6. The predicted molar refractivity (Wildman–Crippen MR) is 106 cm³/mol. The van der Waals surface area contributed by atoms with Crippen LogP contribution in [0.25, 0.3) is 17.2 Å². The minimum atomic E-state index is -0.636. The van der Waals surface area contributed by atoms with Gasteiger partial charge in [-0.2, -0.15) is 0 Å². The van der Waals surface area contributed by atoms with Crippen molar-refractivity contribution in [2.24, 2.45) is 0 Å². The molecule has 0 aliphatic rings. The highest BCUT2D eigenvalue weighted by molar-refractivity contribution is 5.71. The second-order valence-corrected chi connectivity index (χ2v) is 7.74. The monoisotopic (exact) mass is 416 g/mol. The molecule has 0 fully saturated rings. The lowest BCUT2D eigenvalue weighted by molar-refractivity contribution is -0.384. The summed E-state index contributed by atoms with van der Waals surface area (Å²) in [6.45, 7) is 6.94. The number of esters is 1. The average Bonchev–Trinajstić information content (AvgIpc) is 3.02. The van der Waals surface area contributed by atoms with E-state index < -0.39 is 28.4 Å². The van der Waals surface area contributed by atoms with E-state index >= 15 is 0 Å². The number of aromatic nitrogens is 4. The number of hydrogen-bond acceptors (Lipinski definition) is 8. The van der Waals surface area contributed by atoms with Crippen LogP contribution in [-0.2, 0) is 9.53 Å². The Labute approximate surface area is 171 Å². The van der Waals surface area contributed by atoms with Gasteiger partial charge in [0.15, 0.2) is 5.82 Å². The summed E-state index contributed by atoms with van der Waals surface area (Å²) in [6.07, 6.45) is 3.71. The first-order valence-electron chi connectivity index (χ1n) is 9.16. The number of fused-ring (bicyclic) bond motifs is 1. The first-order valence-corrected chi connectivity index (χ1v) is 9.16. The number of nitrogens with zero attached hydrogens (tertiary/aromatic N) is 5. The van der Waals surface area contributed by atoms with E-state index in [4.69, 9.17) is 4.74 Å². The van der Waals surface area contributed by atoms with Gasteiger partial charge in [0.05, 0.1) is 17.5 Å². The van der Waals surface area contributed by atoms with E-state index in [1.165, 1.54) is 28.9 Å². The number of imidazole rings is 1. The predicted octanol–water partition coefficient (Wildman–Crippen LogP) is 3.37. The van der Waals surface area contributed by atoms with Crippen molar-refractivity contribution < 1.29 is 18.8 Å². The molecule has 1 N–H and O–H groups in total. The van der Waals surface area contributed by atoms with Crippen molar-refractivity contribution in [1.29, 1.82) is 0 Å². The SMILES string of the molecule is CC(CC(=O)OC(C)(C)C)Nc1nc(-c2cnc3ccc(F)cn23)ncc1[N+](=O)[O-]. The lowest BCUT2D eigenvalue weighted by Gasteiger charge is -2.21. The smallest absolute Gasteiger partial charge is 0.329 e. The summed E-state index contributed by atoms with van der Waals surface area (Å²) in [7, 11) is 0. The molecular weight excluding hydrogens is 395 g/mol. The van der Waals surface area contributed by atoms with Crippen LogP contribution in [0.15, 0.2) is 30.7 Å². The highest BCUT2D eigenvalue weighted by atomic mass is 19.1. The molecule has 1 unspecified atom stereocenters. The van der Waals surface area contributed by atoms with Gasteiger partial charge in [0.2, 0.25) is 5.82 Å². The molecule has 10 nitrogen and oxygen atoms in total. The number of halogens is 1. The van der Waals surface area contributed by atoms with Crippen LogP contribution in [0.4, 0.5) is 15.9 Å². The molecule has 0 aliphatic heterocycles. The third-order valence-electron chi connectivity index (χ3n) is 3.94. The first kappa shape index (κ1) is 21.1. The summed E-state index contributed by atoms with van der Waals surface area (Å²) in [5.74, 6) is -0.872. The molecule has 1 atom stereocenters. The molecule has 0 aromatic carbocycles. The van der Waals surface area contributed by atoms with E-state index in [1.54, 1.807) is 27.7 Å². The van der Waals surface area contributed by atoms with Crippen LogP contribution in [0, 0.1) is 15.9 Å². The van der Waals surface area contributed by atoms with Gasteiger partial charge in [-0.05, 0) is 39.8 Å². The molecule has 0 saturated heterocycles. The van der Waals surface area contributed by atoms with Crippen molar-refractivity contribution in [2.75, 3.05) is 5.32 Å². The first-order chi connectivity index (χ1) is 14.0. The Morgan fingerprint density at radius 1 is 1.33 bits per heavy atom. The van der Waals surface area contributed by atoms with E-state index in [0.717, 1.165) is 6.20 Å². The van der Waals surface area contributed by atoms with Crippen LogP contribution < -0.4 is 5.32 Å². The highest BCUT2D eigenvalue weighted by Gasteiger charge is 2.23. The van der Waals surface area contributed by atoms with Gasteiger partial charge < -0.3 is 10.1 Å². The summed E-state index contributed by atoms with van der Waals surface area (Å²) in [5, 5.41) is 14.3. The fraction of sp³-hybridized carbons (Fsp3) is 0.368. The Balaban J connectivity index is 1.90. The molecule has 0 radical (unpaired) electrons. The van der Waals surface area contributed by atoms with Crippen molar-refractivity contribution in [3.8, 4) is 11.5 Å². The van der Waals surface area contributed by atoms with E-state index in [0.29, 0.717) is 11.3 Å². The molecule has 0 amide bonds. The van der Waals surface area contributed by atoms with Crippen LogP contribution in [0.5, 0.6) is 0 Å². The quantitative estimate of drug-likeness (QED) is 0.368. The molecule has 3 rings (SSSR count). The van der Waals surface area contributed by atoms with E-state index in [9.17, 15) is 19.3 Å². The van der Waals surface area contributed by atoms with Gasteiger partial charge in [-0.25, -0.2) is 19.3 Å². The topological polar surface area (TPSA) is 125 Å². The maximum atomic E-state index is 13.6.